The number of para-hydroxylation sites is 1. The zero-order valence-electron chi connectivity index (χ0n) is 21.8. The van der Waals surface area contributed by atoms with E-state index in [0.717, 1.165) is 36.9 Å². The molecule has 3 aromatic rings. The number of nitrogens with zero attached hydrogens (tertiary/aromatic N) is 2. The lowest BCUT2D eigenvalue weighted by atomic mass is 9.84. The van der Waals surface area contributed by atoms with Crippen molar-refractivity contribution >= 4 is 40.3 Å². The molecule has 6 nitrogen and oxygen atoms in total. The fourth-order valence-electron chi connectivity index (χ4n) is 5.97. The summed E-state index contributed by atoms with van der Waals surface area (Å²) in [6.45, 7) is 6.97. The van der Waals surface area contributed by atoms with Gasteiger partial charge in [0.25, 0.3) is 6.01 Å². The molecular weight excluding hydrogens is 491 g/mol. The van der Waals surface area contributed by atoms with Gasteiger partial charge in [-0.25, -0.2) is 4.39 Å². The van der Waals surface area contributed by atoms with Gasteiger partial charge in [-0.2, -0.15) is 4.98 Å². The molecule has 0 radical (unpaired) electrons. The van der Waals surface area contributed by atoms with Crippen LogP contribution in [-0.2, 0) is 11.2 Å². The number of amides is 1. The van der Waals surface area contributed by atoms with Gasteiger partial charge in [-0.3, -0.25) is 4.79 Å². The summed E-state index contributed by atoms with van der Waals surface area (Å²) in [4.78, 5) is 20.4. The molecule has 2 atom stereocenters. The first-order valence-electron chi connectivity index (χ1n) is 13.4. The third-order valence-corrected chi connectivity index (χ3v) is 8.10. The smallest absolute Gasteiger partial charge is 0.296 e. The Balaban J connectivity index is 1.30. The van der Waals surface area contributed by atoms with Gasteiger partial charge in [0.1, 0.15) is 17.4 Å². The summed E-state index contributed by atoms with van der Waals surface area (Å²) in [5, 5.41) is 7.00. The van der Waals surface area contributed by atoms with E-state index in [0.29, 0.717) is 34.6 Å². The van der Waals surface area contributed by atoms with Gasteiger partial charge in [-0.1, -0.05) is 49.8 Å². The summed E-state index contributed by atoms with van der Waals surface area (Å²) >= 11 is 6.28. The average Bonchev–Trinajstić information content (AvgIpc) is 3.37. The lowest BCUT2D eigenvalue weighted by Crippen LogP contribution is -2.52. The number of carbonyl (C=O) groups excluding carboxylic acids is 1. The molecule has 0 saturated heterocycles. The fourth-order valence-corrected chi connectivity index (χ4v) is 6.18. The van der Waals surface area contributed by atoms with Crippen molar-refractivity contribution in [1.82, 2.24) is 10.3 Å². The van der Waals surface area contributed by atoms with E-state index in [1.807, 2.05) is 25.1 Å². The number of fused-ring (bicyclic) bond motifs is 2. The van der Waals surface area contributed by atoms with E-state index in [-0.39, 0.29) is 23.3 Å². The molecule has 0 spiro atoms. The molecule has 2 N–H and O–H groups in total. The molecule has 1 amide bonds. The third-order valence-electron chi connectivity index (χ3n) is 7.81. The van der Waals surface area contributed by atoms with Gasteiger partial charge in [0.05, 0.1) is 5.02 Å². The van der Waals surface area contributed by atoms with Gasteiger partial charge in [0.15, 0.2) is 5.58 Å². The van der Waals surface area contributed by atoms with Crippen LogP contribution in [0.5, 0.6) is 0 Å². The Morgan fingerprint density at radius 2 is 2.03 bits per heavy atom. The monoisotopic (exact) mass is 526 g/mol. The maximum absolute atomic E-state index is 13.8. The minimum absolute atomic E-state index is 0.0669. The number of hydrogen-bond donors (Lipinski definition) is 2. The van der Waals surface area contributed by atoms with Crippen LogP contribution in [0, 0.1) is 11.7 Å². The highest BCUT2D eigenvalue weighted by atomic mass is 35.5. The molecule has 1 aliphatic heterocycles. The van der Waals surface area contributed by atoms with Crippen molar-refractivity contribution < 1.29 is 13.6 Å². The molecule has 1 aromatic heterocycles. The van der Waals surface area contributed by atoms with E-state index < -0.39 is 6.04 Å². The van der Waals surface area contributed by atoms with E-state index in [1.54, 1.807) is 12.1 Å². The van der Waals surface area contributed by atoms with Crippen molar-refractivity contribution in [3.8, 4) is 0 Å². The molecule has 37 heavy (non-hydrogen) atoms. The van der Waals surface area contributed by atoms with Crippen LogP contribution in [0.2, 0.25) is 5.02 Å². The number of anilines is 2. The van der Waals surface area contributed by atoms with Crippen LogP contribution in [-0.4, -0.2) is 35.1 Å². The van der Waals surface area contributed by atoms with E-state index in [1.165, 1.54) is 25.3 Å². The Labute approximate surface area is 223 Å². The molecule has 1 saturated carbocycles. The van der Waals surface area contributed by atoms with E-state index >= 15 is 0 Å². The topological polar surface area (TPSA) is 70.4 Å². The van der Waals surface area contributed by atoms with E-state index in [4.69, 9.17) is 16.0 Å². The van der Waals surface area contributed by atoms with Crippen molar-refractivity contribution in [1.29, 1.82) is 0 Å². The average molecular weight is 527 g/mol. The van der Waals surface area contributed by atoms with Gasteiger partial charge >= 0.3 is 0 Å². The van der Waals surface area contributed by atoms with Crippen molar-refractivity contribution in [2.75, 3.05) is 16.8 Å². The molecule has 8 heteroatoms. The number of benzene rings is 2. The van der Waals surface area contributed by atoms with Crippen LogP contribution in [0.3, 0.4) is 0 Å². The number of hydrogen-bond acceptors (Lipinski definition) is 5. The maximum Gasteiger partial charge on any atom is 0.296 e. The SMILES string of the molecule is CC(CN1c2ccc(F)cc2CC1(C)C)NC(=O)C(CC1CCCCC1)Nc1nc2cccc(Cl)c2o1. The minimum atomic E-state index is -0.467. The summed E-state index contributed by atoms with van der Waals surface area (Å²) in [6.07, 6.45) is 7.44. The Hall–Kier alpha value is -2.80. The van der Waals surface area contributed by atoms with Gasteiger partial charge in [-0.05, 0) is 75.4 Å². The van der Waals surface area contributed by atoms with Gasteiger partial charge < -0.3 is 20.0 Å². The third kappa shape index (κ3) is 5.71. The standard InChI is InChI=1S/C29H36ClFN4O2/c1-18(17-35-25-13-12-21(31)15-20(25)16-29(35,2)3)32-27(36)24(14-19-8-5-4-6-9-19)34-28-33-23-11-7-10-22(30)26(23)37-28/h7,10-13,15,18-19,24H,4-6,8-9,14,16-17H2,1-3H3,(H,32,36)(H,33,34). The normalized spacial score (nSPS) is 19.0. The van der Waals surface area contributed by atoms with Crippen LogP contribution in [0.15, 0.2) is 40.8 Å². The summed E-state index contributed by atoms with van der Waals surface area (Å²) in [6, 6.07) is 10.1. The molecular formula is C29H36ClFN4O2. The quantitative estimate of drug-likeness (QED) is 0.341. The summed E-state index contributed by atoms with van der Waals surface area (Å²) in [5.41, 5.74) is 3.06. The zero-order chi connectivity index (χ0) is 26.2. The second-order valence-electron chi connectivity index (χ2n) is 11.3. The number of oxazole rings is 1. The number of halogens is 2. The van der Waals surface area contributed by atoms with Crippen LogP contribution in [0.1, 0.15) is 64.9 Å². The zero-order valence-corrected chi connectivity index (χ0v) is 22.6. The highest BCUT2D eigenvalue weighted by Crippen LogP contribution is 2.39. The Morgan fingerprint density at radius 3 is 2.78 bits per heavy atom. The second kappa shape index (κ2) is 10.5. The predicted molar refractivity (Wildman–Crippen MR) is 147 cm³/mol. The van der Waals surface area contributed by atoms with Crippen LogP contribution >= 0.6 is 11.6 Å². The lowest BCUT2D eigenvalue weighted by molar-refractivity contribution is -0.122. The maximum atomic E-state index is 13.8. The Morgan fingerprint density at radius 1 is 1.24 bits per heavy atom. The largest absolute Gasteiger partial charge is 0.422 e. The van der Waals surface area contributed by atoms with Crippen molar-refractivity contribution in [3.05, 3.63) is 52.8 Å². The lowest BCUT2D eigenvalue weighted by Gasteiger charge is -2.36. The van der Waals surface area contributed by atoms with E-state index in [2.05, 4.69) is 34.4 Å². The second-order valence-corrected chi connectivity index (χ2v) is 11.7. The molecule has 198 valence electrons. The highest BCUT2D eigenvalue weighted by molar-refractivity contribution is 6.34. The summed E-state index contributed by atoms with van der Waals surface area (Å²) in [7, 11) is 0. The van der Waals surface area contributed by atoms with Crippen molar-refractivity contribution in [2.45, 2.75) is 83.3 Å². The molecule has 2 aromatic carbocycles. The van der Waals surface area contributed by atoms with Crippen LogP contribution in [0.4, 0.5) is 16.1 Å². The van der Waals surface area contributed by atoms with Gasteiger partial charge in [0, 0.05) is 23.8 Å². The Bertz CT molecular complexity index is 1270. The molecule has 5 rings (SSSR count). The van der Waals surface area contributed by atoms with Crippen LogP contribution in [0.25, 0.3) is 11.1 Å². The number of rotatable bonds is 8. The highest BCUT2D eigenvalue weighted by Gasteiger charge is 2.37. The minimum Gasteiger partial charge on any atom is -0.422 e. The summed E-state index contributed by atoms with van der Waals surface area (Å²) < 4.78 is 19.7. The number of carbonyl (C=O) groups is 1. The summed E-state index contributed by atoms with van der Waals surface area (Å²) in [5.74, 6) is 0.206. The van der Waals surface area contributed by atoms with Gasteiger partial charge in [-0.15, -0.1) is 0 Å². The van der Waals surface area contributed by atoms with Gasteiger partial charge in [0.2, 0.25) is 5.91 Å². The first-order chi connectivity index (χ1) is 17.7. The molecule has 1 fully saturated rings. The molecule has 0 bridgehead atoms. The van der Waals surface area contributed by atoms with Crippen LogP contribution < -0.4 is 15.5 Å². The predicted octanol–water partition coefficient (Wildman–Crippen LogP) is 6.72. The number of nitrogens with one attached hydrogen (secondary N) is 2. The molecule has 1 aliphatic carbocycles. The Kier molecular flexibility index (Phi) is 7.35. The molecule has 2 unspecified atom stereocenters. The van der Waals surface area contributed by atoms with Crippen molar-refractivity contribution in [3.63, 3.8) is 0 Å². The number of aromatic nitrogens is 1. The first kappa shape index (κ1) is 25.8. The van der Waals surface area contributed by atoms with E-state index in [9.17, 15) is 9.18 Å². The molecule has 2 heterocycles. The van der Waals surface area contributed by atoms with Crippen molar-refractivity contribution in [2.24, 2.45) is 5.92 Å². The molecule has 2 aliphatic rings. The first-order valence-corrected chi connectivity index (χ1v) is 13.8. The fraction of sp³-hybridized carbons (Fsp3) is 0.517.